The average Bonchev–Trinajstić information content (AvgIpc) is 2.73. The van der Waals surface area contributed by atoms with Gasteiger partial charge in [-0.25, -0.2) is 4.39 Å². The van der Waals surface area contributed by atoms with Crippen LogP contribution in [0.1, 0.15) is 22.8 Å². The van der Waals surface area contributed by atoms with E-state index in [0.717, 1.165) is 5.56 Å². The topological polar surface area (TPSA) is 58.6 Å². The van der Waals surface area contributed by atoms with Crippen molar-refractivity contribution in [3.05, 3.63) is 88.7 Å². The molecule has 1 heterocycles. The minimum absolute atomic E-state index is 0.0657. The van der Waals surface area contributed by atoms with Gasteiger partial charge in [-0.3, -0.25) is 9.59 Å². The predicted octanol–water partition coefficient (Wildman–Crippen LogP) is 5.05. The number of nitrogens with zero attached hydrogens (tertiary/aromatic N) is 1. The maximum atomic E-state index is 13.9. The number of ether oxygens (including phenoxy) is 1. The lowest BCUT2D eigenvalue weighted by Crippen LogP contribution is -2.44. The zero-order valence-electron chi connectivity index (χ0n) is 16.1. The number of rotatable bonds is 4. The Kier molecular flexibility index (Phi) is 5.42. The first-order valence-electron chi connectivity index (χ1n) is 9.35. The van der Waals surface area contributed by atoms with Crippen LogP contribution in [0, 0.1) is 5.82 Å². The second-order valence-electron chi connectivity index (χ2n) is 6.89. The monoisotopic (exact) mass is 424 g/mol. The van der Waals surface area contributed by atoms with E-state index in [1.165, 1.54) is 18.2 Å². The third-order valence-electron chi connectivity index (χ3n) is 4.83. The van der Waals surface area contributed by atoms with E-state index < -0.39 is 17.8 Å². The number of anilines is 2. The van der Waals surface area contributed by atoms with E-state index >= 15 is 0 Å². The third kappa shape index (κ3) is 3.86. The Morgan fingerprint density at radius 3 is 2.63 bits per heavy atom. The number of amides is 2. The van der Waals surface area contributed by atoms with Crippen LogP contribution >= 0.6 is 11.6 Å². The van der Waals surface area contributed by atoms with Gasteiger partial charge in [0, 0.05) is 10.7 Å². The summed E-state index contributed by atoms with van der Waals surface area (Å²) in [5.74, 6) is -0.902. The van der Waals surface area contributed by atoms with Gasteiger partial charge in [-0.05, 0) is 48.9 Å². The van der Waals surface area contributed by atoms with Gasteiger partial charge in [0.25, 0.3) is 11.8 Å². The molecule has 1 unspecified atom stereocenters. The normalized spacial score (nSPS) is 15.4. The number of benzene rings is 3. The summed E-state index contributed by atoms with van der Waals surface area (Å²) in [5, 5.41) is 3.22. The van der Waals surface area contributed by atoms with Gasteiger partial charge in [0.05, 0.1) is 17.8 Å². The van der Waals surface area contributed by atoms with Crippen molar-refractivity contribution in [2.75, 3.05) is 10.2 Å². The Bertz CT molecular complexity index is 1130. The van der Waals surface area contributed by atoms with Crippen molar-refractivity contribution < 1.29 is 18.7 Å². The Morgan fingerprint density at radius 1 is 1.13 bits per heavy atom. The first kappa shape index (κ1) is 19.9. The highest BCUT2D eigenvalue weighted by atomic mass is 35.5. The summed E-state index contributed by atoms with van der Waals surface area (Å²) in [5.41, 5.74) is 1.64. The fourth-order valence-electron chi connectivity index (χ4n) is 3.29. The highest BCUT2D eigenvalue weighted by Gasteiger charge is 2.32. The molecule has 1 aliphatic heterocycles. The van der Waals surface area contributed by atoms with E-state index in [1.807, 2.05) is 18.2 Å². The summed E-state index contributed by atoms with van der Waals surface area (Å²) in [6.45, 7) is 1.93. The second kappa shape index (κ2) is 8.16. The van der Waals surface area contributed by atoms with Gasteiger partial charge in [-0.15, -0.1) is 0 Å². The van der Waals surface area contributed by atoms with Crippen LogP contribution in [0.5, 0.6) is 5.75 Å². The highest BCUT2D eigenvalue weighted by Crippen LogP contribution is 2.38. The number of fused-ring (bicyclic) bond motifs is 1. The third-order valence-corrected chi connectivity index (χ3v) is 5.20. The standard InChI is InChI=1S/C23H18ClFN2O3/c1-14-23(29)27(13-15-6-2-4-8-18(15)24)20-12-16(10-11-21(20)30-14)26-22(28)17-7-3-5-9-19(17)25/h2-12,14H,13H2,1H3,(H,26,28). The molecule has 4 rings (SSSR count). The number of nitrogens with one attached hydrogen (secondary N) is 1. The number of carbonyl (C=O) groups excluding carboxylic acids is 2. The van der Waals surface area contributed by atoms with Gasteiger partial charge in [0.1, 0.15) is 11.6 Å². The van der Waals surface area contributed by atoms with Crippen LogP contribution in [-0.2, 0) is 11.3 Å². The second-order valence-corrected chi connectivity index (χ2v) is 7.30. The SMILES string of the molecule is CC1Oc2ccc(NC(=O)c3ccccc3F)cc2N(Cc2ccccc2Cl)C1=O. The summed E-state index contributed by atoms with van der Waals surface area (Å²) >= 11 is 6.28. The summed E-state index contributed by atoms with van der Waals surface area (Å²) in [7, 11) is 0. The van der Waals surface area contributed by atoms with Gasteiger partial charge in [-0.1, -0.05) is 41.9 Å². The van der Waals surface area contributed by atoms with Crippen molar-refractivity contribution in [1.82, 2.24) is 0 Å². The zero-order chi connectivity index (χ0) is 21.3. The minimum atomic E-state index is -0.654. The molecule has 3 aromatic carbocycles. The summed E-state index contributed by atoms with van der Waals surface area (Å²) < 4.78 is 19.6. The van der Waals surface area contributed by atoms with Gasteiger partial charge in [0.15, 0.2) is 6.10 Å². The minimum Gasteiger partial charge on any atom is -0.479 e. The molecule has 0 aliphatic carbocycles. The molecular weight excluding hydrogens is 407 g/mol. The lowest BCUT2D eigenvalue weighted by Gasteiger charge is -2.33. The van der Waals surface area contributed by atoms with E-state index in [2.05, 4.69) is 5.32 Å². The summed E-state index contributed by atoms with van der Waals surface area (Å²) in [6, 6.07) is 18.0. The Morgan fingerprint density at radius 2 is 1.87 bits per heavy atom. The number of hydrogen-bond donors (Lipinski definition) is 1. The molecule has 1 aliphatic rings. The first-order valence-corrected chi connectivity index (χ1v) is 9.73. The molecule has 2 amide bonds. The van der Waals surface area contributed by atoms with Gasteiger partial charge >= 0.3 is 0 Å². The van der Waals surface area contributed by atoms with E-state index in [-0.39, 0.29) is 18.0 Å². The molecule has 152 valence electrons. The molecule has 0 saturated heterocycles. The van der Waals surface area contributed by atoms with E-state index in [0.29, 0.717) is 22.1 Å². The molecule has 3 aromatic rings. The number of carbonyl (C=O) groups is 2. The van der Waals surface area contributed by atoms with Crippen LogP contribution in [-0.4, -0.2) is 17.9 Å². The maximum Gasteiger partial charge on any atom is 0.268 e. The summed E-state index contributed by atoms with van der Waals surface area (Å²) in [4.78, 5) is 26.9. The molecule has 1 atom stereocenters. The molecule has 0 radical (unpaired) electrons. The van der Waals surface area contributed by atoms with Crippen LogP contribution in [0.4, 0.5) is 15.8 Å². The molecule has 0 bridgehead atoms. The van der Waals surface area contributed by atoms with Crippen molar-refractivity contribution in [3.8, 4) is 5.75 Å². The van der Waals surface area contributed by atoms with Crippen molar-refractivity contribution in [2.24, 2.45) is 0 Å². The molecule has 0 saturated carbocycles. The van der Waals surface area contributed by atoms with Crippen LogP contribution in [0.2, 0.25) is 5.02 Å². The fourth-order valence-corrected chi connectivity index (χ4v) is 3.48. The predicted molar refractivity (Wildman–Crippen MR) is 114 cm³/mol. The van der Waals surface area contributed by atoms with E-state index in [1.54, 1.807) is 42.2 Å². The molecule has 0 spiro atoms. The van der Waals surface area contributed by atoms with Crippen molar-refractivity contribution in [3.63, 3.8) is 0 Å². The van der Waals surface area contributed by atoms with Crippen molar-refractivity contribution in [1.29, 1.82) is 0 Å². The molecule has 30 heavy (non-hydrogen) atoms. The highest BCUT2D eigenvalue weighted by molar-refractivity contribution is 6.31. The quantitative estimate of drug-likeness (QED) is 0.638. The van der Waals surface area contributed by atoms with E-state index in [9.17, 15) is 14.0 Å². The smallest absolute Gasteiger partial charge is 0.268 e. The fraction of sp³-hybridized carbons (Fsp3) is 0.130. The molecule has 7 heteroatoms. The maximum absolute atomic E-state index is 13.9. The van der Waals surface area contributed by atoms with Gasteiger partial charge in [-0.2, -0.15) is 0 Å². The van der Waals surface area contributed by atoms with Crippen molar-refractivity contribution in [2.45, 2.75) is 19.6 Å². The van der Waals surface area contributed by atoms with Crippen LogP contribution in [0.3, 0.4) is 0 Å². The Labute approximate surface area is 178 Å². The van der Waals surface area contributed by atoms with Gasteiger partial charge < -0.3 is 15.0 Å². The van der Waals surface area contributed by atoms with Crippen LogP contribution < -0.4 is 15.0 Å². The summed E-state index contributed by atoms with van der Waals surface area (Å²) in [6.07, 6.45) is -0.654. The van der Waals surface area contributed by atoms with Gasteiger partial charge in [0.2, 0.25) is 0 Å². The molecular formula is C23H18ClFN2O3. The molecule has 0 fully saturated rings. The number of hydrogen-bond acceptors (Lipinski definition) is 3. The first-order chi connectivity index (χ1) is 14.4. The zero-order valence-corrected chi connectivity index (χ0v) is 16.8. The number of halogens is 2. The van der Waals surface area contributed by atoms with E-state index in [4.69, 9.17) is 16.3 Å². The van der Waals surface area contributed by atoms with Crippen LogP contribution in [0.15, 0.2) is 66.7 Å². The largest absolute Gasteiger partial charge is 0.479 e. The Hall–Kier alpha value is -3.38. The molecule has 5 nitrogen and oxygen atoms in total. The molecule has 1 N–H and O–H groups in total. The lowest BCUT2D eigenvalue weighted by atomic mass is 10.1. The molecule has 0 aromatic heterocycles. The Balaban J connectivity index is 1.66. The lowest BCUT2D eigenvalue weighted by molar-refractivity contribution is -0.125. The average molecular weight is 425 g/mol. The van der Waals surface area contributed by atoms with Crippen molar-refractivity contribution >= 4 is 34.8 Å². The van der Waals surface area contributed by atoms with Crippen LogP contribution in [0.25, 0.3) is 0 Å².